The van der Waals surface area contributed by atoms with E-state index in [2.05, 4.69) is 60.1 Å². The highest BCUT2D eigenvalue weighted by Crippen LogP contribution is 2.22. The summed E-state index contributed by atoms with van der Waals surface area (Å²) in [6.07, 6.45) is 3.87. The molecule has 0 spiro atoms. The summed E-state index contributed by atoms with van der Waals surface area (Å²) in [6, 6.07) is 10.7. The Morgan fingerprint density at radius 1 is 1.19 bits per heavy atom. The third-order valence-electron chi connectivity index (χ3n) is 2.40. The van der Waals surface area contributed by atoms with Crippen molar-refractivity contribution in [3.8, 4) is 0 Å². The molecule has 1 aromatic rings. The van der Waals surface area contributed by atoms with Crippen molar-refractivity contribution in [3.05, 3.63) is 30.3 Å². The normalized spacial score (nSPS) is 13.0. The second kappa shape index (κ2) is 8.19. The van der Waals surface area contributed by atoms with E-state index in [9.17, 15) is 0 Å². The predicted molar refractivity (Wildman–Crippen MR) is 78.6 cm³/mol. The number of halogens is 1. The standard InChI is InChI=1S/C14H21BrS/c1-12(2)11-13(15)7-6-10-16-14-8-4-3-5-9-14/h3-5,8-9,12-13H,6-7,10-11H2,1-2H3. The van der Waals surface area contributed by atoms with Crippen LogP contribution in [-0.4, -0.2) is 10.6 Å². The third kappa shape index (κ3) is 6.59. The second-order valence-corrected chi connectivity index (χ2v) is 6.99. The summed E-state index contributed by atoms with van der Waals surface area (Å²) in [5.41, 5.74) is 0. The van der Waals surface area contributed by atoms with Crippen molar-refractivity contribution in [2.75, 3.05) is 5.75 Å². The van der Waals surface area contributed by atoms with E-state index in [0.29, 0.717) is 4.83 Å². The highest BCUT2D eigenvalue weighted by molar-refractivity contribution is 9.09. The molecule has 1 rings (SSSR count). The summed E-state index contributed by atoms with van der Waals surface area (Å²) in [5.74, 6) is 2.02. The van der Waals surface area contributed by atoms with Crippen LogP contribution in [0.2, 0.25) is 0 Å². The van der Waals surface area contributed by atoms with Gasteiger partial charge in [-0.05, 0) is 43.1 Å². The van der Waals surface area contributed by atoms with E-state index >= 15 is 0 Å². The Balaban J connectivity index is 2.08. The number of alkyl halides is 1. The van der Waals surface area contributed by atoms with Crippen LogP contribution in [0, 0.1) is 5.92 Å². The molecule has 0 bridgehead atoms. The summed E-state index contributed by atoms with van der Waals surface area (Å²) >= 11 is 5.72. The van der Waals surface area contributed by atoms with Gasteiger partial charge in [0.25, 0.3) is 0 Å². The van der Waals surface area contributed by atoms with Crippen LogP contribution < -0.4 is 0 Å². The fourth-order valence-electron chi connectivity index (χ4n) is 1.64. The molecular weight excluding hydrogens is 280 g/mol. The zero-order valence-electron chi connectivity index (χ0n) is 10.2. The van der Waals surface area contributed by atoms with Crippen LogP contribution in [0.3, 0.4) is 0 Å². The van der Waals surface area contributed by atoms with Crippen LogP contribution in [0.15, 0.2) is 35.2 Å². The molecule has 90 valence electrons. The van der Waals surface area contributed by atoms with Crippen molar-refractivity contribution in [1.82, 2.24) is 0 Å². The second-order valence-electron chi connectivity index (χ2n) is 4.53. The largest absolute Gasteiger partial charge is 0.126 e. The summed E-state index contributed by atoms with van der Waals surface area (Å²) < 4.78 is 0. The molecule has 1 atom stereocenters. The van der Waals surface area contributed by atoms with E-state index in [0.717, 1.165) is 5.92 Å². The minimum absolute atomic E-state index is 0.698. The van der Waals surface area contributed by atoms with Gasteiger partial charge in [0.2, 0.25) is 0 Å². The van der Waals surface area contributed by atoms with Gasteiger partial charge >= 0.3 is 0 Å². The molecule has 0 saturated carbocycles. The highest BCUT2D eigenvalue weighted by atomic mass is 79.9. The van der Waals surface area contributed by atoms with Crippen molar-refractivity contribution in [2.45, 2.75) is 42.8 Å². The molecule has 1 unspecified atom stereocenters. The molecule has 0 amide bonds. The molecule has 0 saturated heterocycles. The van der Waals surface area contributed by atoms with Gasteiger partial charge in [-0.2, -0.15) is 0 Å². The quantitative estimate of drug-likeness (QED) is 0.371. The molecule has 0 aliphatic rings. The molecule has 1 aromatic carbocycles. The molecule has 2 heteroatoms. The Hall–Kier alpha value is 0.0500. The Kier molecular flexibility index (Phi) is 7.22. The Bertz CT molecular complexity index is 271. The lowest BCUT2D eigenvalue weighted by Crippen LogP contribution is -2.03. The third-order valence-corrected chi connectivity index (χ3v) is 4.33. The maximum absolute atomic E-state index is 3.76. The predicted octanol–water partition coefficient (Wildman–Crippen LogP) is 5.37. The van der Waals surface area contributed by atoms with E-state index < -0.39 is 0 Å². The van der Waals surface area contributed by atoms with Gasteiger partial charge in [0.05, 0.1) is 0 Å². The first-order valence-corrected chi connectivity index (χ1v) is 7.90. The van der Waals surface area contributed by atoms with E-state index in [1.165, 1.54) is 29.9 Å². The van der Waals surface area contributed by atoms with Gasteiger partial charge in [0.15, 0.2) is 0 Å². The molecular formula is C14H21BrS. The van der Waals surface area contributed by atoms with Crippen LogP contribution >= 0.6 is 27.7 Å². The van der Waals surface area contributed by atoms with E-state index in [4.69, 9.17) is 0 Å². The lowest BCUT2D eigenvalue weighted by Gasteiger charge is -2.11. The topological polar surface area (TPSA) is 0 Å². The minimum Gasteiger partial charge on any atom is -0.126 e. The van der Waals surface area contributed by atoms with Crippen LogP contribution in [0.5, 0.6) is 0 Å². The maximum Gasteiger partial charge on any atom is 0.0148 e. The molecule has 0 radical (unpaired) electrons. The SMILES string of the molecule is CC(C)CC(Br)CCCSc1ccccc1. The van der Waals surface area contributed by atoms with Gasteiger partial charge in [0.1, 0.15) is 0 Å². The Morgan fingerprint density at radius 2 is 1.88 bits per heavy atom. The molecule has 0 N–H and O–H groups in total. The zero-order valence-corrected chi connectivity index (χ0v) is 12.6. The maximum atomic E-state index is 3.76. The lowest BCUT2D eigenvalue weighted by molar-refractivity contribution is 0.552. The first kappa shape index (κ1) is 14.1. The van der Waals surface area contributed by atoms with Crippen molar-refractivity contribution in [2.24, 2.45) is 5.92 Å². The molecule has 16 heavy (non-hydrogen) atoms. The van der Waals surface area contributed by atoms with Crippen molar-refractivity contribution >= 4 is 27.7 Å². The summed E-state index contributed by atoms with van der Waals surface area (Å²) in [6.45, 7) is 4.57. The van der Waals surface area contributed by atoms with Gasteiger partial charge in [0, 0.05) is 9.72 Å². The van der Waals surface area contributed by atoms with Gasteiger partial charge in [-0.1, -0.05) is 48.0 Å². The van der Waals surface area contributed by atoms with Crippen molar-refractivity contribution in [3.63, 3.8) is 0 Å². The van der Waals surface area contributed by atoms with Gasteiger partial charge in [-0.3, -0.25) is 0 Å². The lowest BCUT2D eigenvalue weighted by atomic mass is 10.1. The Labute approximate surface area is 112 Å². The van der Waals surface area contributed by atoms with E-state index in [1.54, 1.807) is 0 Å². The monoisotopic (exact) mass is 300 g/mol. The number of rotatable bonds is 7. The van der Waals surface area contributed by atoms with Gasteiger partial charge in [-0.25, -0.2) is 0 Å². The fourth-order valence-corrected chi connectivity index (χ4v) is 3.61. The average Bonchev–Trinajstić information content (AvgIpc) is 2.25. The molecule has 0 aromatic heterocycles. The van der Waals surface area contributed by atoms with Crippen molar-refractivity contribution in [1.29, 1.82) is 0 Å². The molecule has 0 aliphatic heterocycles. The summed E-state index contributed by atoms with van der Waals surface area (Å²) in [4.78, 5) is 2.08. The van der Waals surface area contributed by atoms with Crippen LogP contribution in [0.1, 0.15) is 33.1 Å². The number of hydrogen-bond acceptors (Lipinski definition) is 1. The molecule has 0 aliphatic carbocycles. The smallest absolute Gasteiger partial charge is 0.0148 e. The van der Waals surface area contributed by atoms with Crippen molar-refractivity contribution < 1.29 is 0 Å². The van der Waals surface area contributed by atoms with Gasteiger partial charge < -0.3 is 0 Å². The van der Waals surface area contributed by atoms with Gasteiger partial charge in [-0.15, -0.1) is 11.8 Å². The Morgan fingerprint density at radius 3 is 2.50 bits per heavy atom. The average molecular weight is 301 g/mol. The number of thioether (sulfide) groups is 1. The van der Waals surface area contributed by atoms with E-state index in [1.807, 2.05) is 11.8 Å². The minimum atomic E-state index is 0.698. The zero-order chi connectivity index (χ0) is 11.8. The first-order chi connectivity index (χ1) is 7.68. The highest BCUT2D eigenvalue weighted by Gasteiger charge is 2.06. The molecule has 0 heterocycles. The van der Waals surface area contributed by atoms with Crippen LogP contribution in [0.4, 0.5) is 0 Å². The number of benzene rings is 1. The van der Waals surface area contributed by atoms with Crippen LogP contribution in [0.25, 0.3) is 0 Å². The first-order valence-electron chi connectivity index (χ1n) is 6.00. The molecule has 0 nitrogen and oxygen atoms in total. The summed E-state index contributed by atoms with van der Waals surface area (Å²) in [7, 11) is 0. The molecule has 0 fully saturated rings. The van der Waals surface area contributed by atoms with Crippen LogP contribution in [-0.2, 0) is 0 Å². The summed E-state index contributed by atoms with van der Waals surface area (Å²) in [5, 5.41) is 0. The van der Waals surface area contributed by atoms with E-state index in [-0.39, 0.29) is 0 Å². The number of hydrogen-bond donors (Lipinski definition) is 0. The fraction of sp³-hybridized carbons (Fsp3) is 0.571.